The van der Waals surface area contributed by atoms with Crippen molar-refractivity contribution in [3.63, 3.8) is 0 Å². The zero-order valence-electron chi connectivity index (χ0n) is 10.7. The van der Waals surface area contributed by atoms with Gasteiger partial charge in [0.25, 0.3) is 5.91 Å². The Bertz CT molecular complexity index is 353. The fourth-order valence-electron chi connectivity index (χ4n) is 1.40. The van der Waals surface area contributed by atoms with E-state index in [1.54, 1.807) is 4.90 Å². The van der Waals surface area contributed by atoms with Crippen molar-refractivity contribution in [2.45, 2.75) is 33.1 Å². The molecule has 0 radical (unpaired) electrons. The van der Waals surface area contributed by atoms with Gasteiger partial charge in [-0.3, -0.25) is 4.79 Å². The first-order valence-corrected chi connectivity index (χ1v) is 6.83. The standard InChI is InChI=1S/C11H20N4OS/c1-4-6-7-8-15(3)10(16)9-13-14-11(17-9)12-5-2/h4-8H2,1-3H3,(H,12,14). The van der Waals surface area contributed by atoms with E-state index in [9.17, 15) is 4.79 Å². The summed E-state index contributed by atoms with van der Waals surface area (Å²) in [4.78, 5) is 13.7. The van der Waals surface area contributed by atoms with Gasteiger partial charge < -0.3 is 10.2 Å². The molecule has 1 N–H and O–H groups in total. The Morgan fingerprint density at radius 1 is 1.35 bits per heavy atom. The molecular formula is C11H20N4OS. The minimum absolute atomic E-state index is 0.0391. The van der Waals surface area contributed by atoms with Gasteiger partial charge in [-0.2, -0.15) is 0 Å². The molecule has 1 rings (SSSR count). The molecule has 0 saturated carbocycles. The average molecular weight is 256 g/mol. The number of unbranched alkanes of at least 4 members (excludes halogenated alkanes) is 2. The molecule has 17 heavy (non-hydrogen) atoms. The Balaban J connectivity index is 2.49. The lowest BCUT2D eigenvalue weighted by atomic mass is 10.2. The minimum Gasteiger partial charge on any atom is -0.360 e. The number of aromatic nitrogens is 2. The number of hydrogen-bond acceptors (Lipinski definition) is 5. The SMILES string of the molecule is CCCCCN(C)C(=O)c1nnc(NCC)s1. The third-order valence-corrected chi connectivity index (χ3v) is 3.25. The fraction of sp³-hybridized carbons (Fsp3) is 0.727. The first-order valence-electron chi connectivity index (χ1n) is 6.01. The second kappa shape index (κ2) is 7.21. The molecule has 0 unspecified atom stereocenters. The van der Waals surface area contributed by atoms with Crippen molar-refractivity contribution >= 4 is 22.4 Å². The number of amides is 1. The van der Waals surface area contributed by atoms with Crippen LogP contribution in [-0.2, 0) is 0 Å². The zero-order valence-corrected chi connectivity index (χ0v) is 11.5. The molecule has 5 nitrogen and oxygen atoms in total. The van der Waals surface area contributed by atoms with Gasteiger partial charge in [-0.1, -0.05) is 31.1 Å². The maximum Gasteiger partial charge on any atom is 0.284 e. The summed E-state index contributed by atoms with van der Waals surface area (Å²) in [6, 6.07) is 0. The number of carbonyl (C=O) groups excluding carboxylic acids is 1. The molecule has 1 heterocycles. The number of hydrogen-bond donors (Lipinski definition) is 1. The summed E-state index contributed by atoms with van der Waals surface area (Å²) in [5.41, 5.74) is 0. The highest BCUT2D eigenvalue weighted by Crippen LogP contribution is 2.16. The van der Waals surface area contributed by atoms with Crippen molar-refractivity contribution < 1.29 is 4.79 Å². The highest BCUT2D eigenvalue weighted by Gasteiger charge is 2.16. The number of rotatable bonds is 7. The van der Waals surface area contributed by atoms with Crippen molar-refractivity contribution in [2.75, 3.05) is 25.5 Å². The van der Waals surface area contributed by atoms with Crippen LogP contribution in [0, 0.1) is 0 Å². The van der Waals surface area contributed by atoms with Gasteiger partial charge in [0, 0.05) is 20.1 Å². The number of nitrogens with zero attached hydrogens (tertiary/aromatic N) is 3. The molecule has 0 aliphatic carbocycles. The van der Waals surface area contributed by atoms with E-state index >= 15 is 0 Å². The summed E-state index contributed by atoms with van der Waals surface area (Å²) in [5, 5.41) is 12.0. The Hall–Kier alpha value is -1.17. The maximum absolute atomic E-state index is 12.0. The largest absolute Gasteiger partial charge is 0.360 e. The molecule has 0 saturated heterocycles. The molecule has 0 aromatic carbocycles. The summed E-state index contributed by atoms with van der Waals surface area (Å²) in [6.07, 6.45) is 3.35. The van der Waals surface area contributed by atoms with Crippen LogP contribution in [0.2, 0.25) is 0 Å². The van der Waals surface area contributed by atoms with Crippen LogP contribution >= 0.6 is 11.3 Å². The molecule has 0 spiro atoms. The van der Waals surface area contributed by atoms with E-state index in [0.29, 0.717) is 10.1 Å². The van der Waals surface area contributed by atoms with Gasteiger partial charge in [-0.05, 0) is 13.3 Å². The lowest BCUT2D eigenvalue weighted by Gasteiger charge is -2.14. The normalized spacial score (nSPS) is 10.3. The Labute approximate surface area is 106 Å². The first kappa shape index (κ1) is 13.9. The van der Waals surface area contributed by atoms with Crippen LogP contribution in [0.25, 0.3) is 0 Å². The summed E-state index contributed by atoms with van der Waals surface area (Å²) in [7, 11) is 1.81. The van der Waals surface area contributed by atoms with Crippen LogP contribution < -0.4 is 5.32 Å². The second-order valence-electron chi connectivity index (χ2n) is 3.88. The van der Waals surface area contributed by atoms with E-state index in [-0.39, 0.29) is 5.91 Å². The third kappa shape index (κ3) is 4.30. The predicted octanol–water partition coefficient (Wildman–Crippen LogP) is 2.23. The molecule has 6 heteroatoms. The molecule has 0 fully saturated rings. The van der Waals surface area contributed by atoms with Crippen LogP contribution in [-0.4, -0.2) is 41.1 Å². The molecule has 1 aromatic rings. The molecule has 0 aliphatic heterocycles. The molecular weight excluding hydrogens is 236 g/mol. The van der Waals surface area contributed by atoms with E-state index in [1.165, 1.54) is 11.3 Å². The lowest BCUT2D eigenvalue weighted by Crippen LogP contribution is -2.27. The van der Waals surface area contributed by atoms with Gasteiger partial charge in [0.1, 0.15) is 0 Å². The number of nitrogens with one attached hydrogen (secondary N) is 1. The van der Waals surface area contributed by atoms with E-state index in [1.807, 2.05) is 14.0 Å². The zero-order chi connectivity index (χ0) is 12.7. The molecule has 1 aromatic heterocycles. The van der Waals surface area contributed by atoms with Crippen molar-refractivity contribution in [2.24, 2.45) is 0 Å². The van der Waals surface area contributed by atoms with Gasteiger partial charge in [0.2, 0.25) is 10.1 Å². The Morgan fingerprint density at radius 2 is 2.12 bits per heavy atom. The molecule has 1 amide bonds. The van der Waals surface area contributed by atoms with Crippen LogP contribution in [0.3, 0.4) is 0 Å². The highest BCUT2D eigenvalue weighted by molar-refractivity contribution is 7.17. The van der Waals surface area contributed by atoms with Crippen molar-refractivity contribution in [3.05, 3.63) is 5.01 Å². The van der Waals surface area contributed by atoms with Crippen molar-refractivity contribution in [3.8, 4) is 0 Å². The number of anilines is 1. The second-order valence-corrected chi connectivity index (χ2v) is 4.85. The van der Waals surface area contributed by atoms with E-state index < -0.39 is 0 Å². The third-order valence-electron chi connectivity index (χ3n) is 2.38. The van der Waals surface area contributed by atoms with Gasteiger partial charge >= 0.3 is 0 Å². The lowest BCUT2D eigenvalue weighted by molar-refractivity contribution is 0.0791. The molecule has 0 atom stereocenters. The summed E-state index contributed by atoms with van der Waals surface area (Å²) in [6.45, 7) is 5.70. The van der Waals surface area contributed by atoms with E-state index in [2.05, 4.69) is 22.4 Å². The average Bonchev–Trinajstić information content (AvgIpc) is 2.77. The van der Waals surface area contributed by atoms with Crippen molar-refractivity contribution in [1.82, 2.24) is 15.1 Å². The van der Waals surface area contributed by atoms with Gasteiger partial charge in [0.15, 0.2) is 0 Å². The molecule has 0 bridgehead atoms. The van der Waals surface area contributed by atoms with Crippen LogP contribution in [0.4, 0.5) is 5.13 Å². The number of carbonyl (C=O) groups is 1. The van der Waals surface area contributed by atoms with Gasteiger partial charge in [-0.25, -0.2) is 0 Å². The van der Waals surface area contributed by atoms with E-state index in [4.69, 9.17) is 0 Å². The summed E-state index contributed by atoms with van der Waals surface area (Å²) >= 11 is 1.31. The van der Waals surface area contributed by atoms with Crippen LogP contribution in [0.15, 0.2) is 0 Å². The summed E-state index contributed by atoms with van der Waals surface area (Å²) in [5.74, 6) is -0.0391. The van der Waals surface area contributed by atoms with Gasteiger partial charge in [-0.15, -0.1) is 10.2 Å². The highest BCUT2D eigenvalue weighted by atomic mass is 32.1. The Morgan fingerprint density at radius 3 is 2.76 bits per heavy atom. The Kier molecular flexibility index (Phi) is 5.90. The molecule has 96 valence electrons. The summed E-state index contributed by atoms with van der Waals surface area (Å²) < 4.78 is 0. The monoisotopic (exact) mass is 256 g/mol. The quantitative estimate of drug-likeness (QED) is 0.760. The maximum atomic E-state index is 12.0. The van der Waals surface area contributed by atoms with Crippen LogP contribution in [0.5, 0.6) is 0 Å². The van der Waals surface area contributed by atoms with Gasteiger partial charge in [0.05, 0.1) is 0 Å². The van der Waals surface area contributed by atoms with E-state index in [0.717, 1.165) is 32.4 Å². The van der Waals surface area contributed by atoms with Crippen molar-refractivity contribution in [1.29, 1.82) is 0 Å². The topological polar surface area (TPSA) is 58.1 Å². The van der Waals surface area contributed by atoms with Crippen LogP contribution in [0.1, 0.15) is 42.9 Å². The minimum atomic E-state index is -0.0391. The smallest absolute Gasteiger partial charge is 0.284 e. The first-order chi connectivity index (χ1) is 8.19. The molecule has 0 aliphatic rings. The predicted molar refractivity (Wildman–Crippen MR) is 70.6 cm³/mol. The fourth-order valence-corrected chi connectivity index (χ4v) is 2.20.